The molecule has 1 atom stereocenters. The Labute approximate surface area is 158 Å². The molecule has 0 radical (unpaired) electrons. The van der Waals surface area contributed by atoms with Crippen molar-refractivity contribution in [1.29, 1.82) is 0 Å². The summed E-state index contributed by atoms with van der Waals surface area (Å²) in [6.07, 6.45) is 1.97. The van der Waals surface area contributed by atoms with Crippen molar-refractivity contribution in [3.05, 3.63) is 72.6 Å². The maximum Gasteiger partial charge on any atom is 0.232 e. The molecule has 2 amide bonds. The predicted molar refractivity (Wildman–Crippen MR) is 105 cm³/mol. The monoisotopic (exact) mass is 359 g/mol. The maximum absolute atomic E-state index is 13.0. The van der Waals surface area contributed by atoms with Gasteiger partial charge >= 0.3 is 0 Å². The summed E-state index contributed by atoms with van der Waals surface area (Å²) in [5, 5.41) is 2.23. The van der Waals surface area contributed by atoms with E-state index in [0.717, 1.165) is 22.2 Å². The Kier molecular flexibility index (Phi) is 4.59. The van der Waals surface area contributed by atoms with Crippen LogP contribution in [0.25, 0.3) is 10.8 Å². The zero-order valence-corrected chi connectivity index (χ0v) is 15.2. The lowest BCUT2D eigenvalue weighted by atomic mass is 10.1. The number of aromatic nitrogens is 1. The average Bonchev–Trinajstić information content (AvgIpc) is 3.07. The molecule has 5 heteroatoms. The molecule has 4 rings (SSSR count). The summed E-state index contributed by atoms with van der Waals surface area (Å²) in [7, 11) is 1.78. The number of carbonyl (C=O) groups excluding carboxylic acids is 2. The van der Waals surface area contributed by atoms with Gasteiger partial charge in [-0.15, -0.1) is 0 Å². The summed E-state index contributed by atoms with van der Waals surface area (Å²) in [5.74, 6) is -0.342. The molecule has 2 aromatic carbocycles. The normalized spacial score (nSPS) is 16.7. The van der Waals surface area contributed by atoms with E-state index in [1.807, 2.05) is 60.7 Å². The van der Waals surface area contributed by atoms with Gasteiger partial charge in [0.15, 0.2) is 0 Å². The van der Waals surface area contributed by atoms with Crippen molar-refractivity contribution in [2.45, 2.75) is 13.0 Å². The number of carbonyl (C=O) groups is 2. The van der Waals surface area contributed by atoms with E-state index in [2.05, 4.69) is 4.98 Å². The smallest absolute Gasteiger partial charge is 0.232 e. The van der Waals surface area contributed by atoms with Crippen molar-refractivity contribution in [3.63, 3.8) is 0 Å². The lowest BCUT2D eigenvalue weighted by molar-refractivity contribution is -0.128. The van der Waals surface area contributed by atoms with Gasteiger partial charge in [0.05, 0.1) is 18.2 Å². The minimum atomic E-state index is -0.322. The van der Waals surface area contributed by atoms with Gasteiger partial charge < -0.3 is 9.80 Å². The van der Waals surface area contributed by atoms with Gasteiger partial charge in [0.25, 0.3) is 0 Å². The minimum Gasteiger partial charge on any atom is -0.336 e. The van der Waals surface area contributed by atoms with Crippen molar-refractivity contribution < 1.29 is 9.59 Å². The Morgan fingerprint density at radius 2 is 1.89 bits per heavy atom. The van der Waals surface area contributed by atoms with E-state index < -0.39 is 0 Å². The summed E-state index contributed by atoms with van der Waals surface area (Å²) in [6.45, 7) is 0.884. The van der Waals surface area contributed by atoms with Crippen molar-refractivity contribution in [1.82, 2.24) is 9.88 Å². The zero-order chi connectivity index (χ0) is 18.8. The van der Waals surface area contributed by atoms with Crippen LogP contribution in [-0.4, -0.2) is 35.3 Å². The van der Waals surface area contributed by atoms with Crippen LogP contribution < -0.4 is 4.90 Å². The summed E-state index contributed by atoms with van der Waals surface area (Å²) in [6, 6.07) is 19.7. The third-order valence-corrected chi connectivity index (χ3v) is 5.09. The quantitative estimate of drug-likeness (QED) is 0.719. The van der Waals surface area contributed by atoms with Crippen LogP contribution in [0.4, 0.5) is 5.69 Å². The molecule has 1 aliphatic heterocycles. The topological polar surface area (TPSA) is 53.5 Å². The van der Waals surface area contributed by atoms with Gasteiger partial charge in [-0.25, -0.2) is 0 Å². The van der Waals surface area contributed by atoms with Gasteiger partial charge in [-0.3, -0.25) is 14.6 Å². The molecule has 1 unspecified atom stereocenters. The highest BCUT2D eigenvalue weighted by Gasteiger charge is 2.36. The van der Waals surface area contributed by atoms with E-state index in [0.29, 0.717) is 13.1 Å². The summed E-state index contributed by atoms with van der Waals surface area (Å²) >= 11 is 0. The number of amides is 2. The van der Waals surface area contributed by atoms with Gasteiger partial charge in [-0.1, -0.05) is 36.4 Å². The van der Waals surface area contributed by atoms with E-state index in [4.69, 9.17) is 0 Å². The van der Waals surface area contributed by atoms with Crippen LogP contribution in [0.3, 0.4) is 0 Å². The standard InChI is InChI=1S/C22H21N3O2/c1-24(20-10-9-16-6-2-3-7-17(16)12-20)22(27)18-13-21(26)25(14-18)15-19-8-4-5-11-23-19/h2-12,18H,13-15H2,1H3. The number of fused-ring (bicyclic) bond motifs is 1. The molecule has 3 aromatic rings. The zero-order valence-electron chi connectivity index (χ0n) is 15.2. The van der Waals surface area contributed by atoms with Crippen molar-refractivity contribution in [2.24, 2.45) is 5.92 Å². The largest absolute Gasteiger partial charge is 0.336 e. The molecular weight excluding hydrogens is 338 g/mol. The molecule has 0 bridgehead atoms. The molecule has 0 saturated carbocycles. The number of likely N-dealkylation sites (tertiary alicyclic amines) is 1. The number of hydrogen-bond donors (Lipinski definition) is 0. The highest BCUT2D eigenvalue weighted by Crippen LogP contribution is 2.26. The van der Waals surface area contributed by atoms with Gasteiger partial charge in [0.2, 0.25) is 11.8 Å². The van der Waals surface area contributed by atoms with Crippen LogP contribution in [0.15, 0.2) is 66.9 Å². The highest BCUT2D eigenvalue weighted by atomic mass is 16.2. The van der Waals surface area contributed by atoms with Crippen LogP contribution >= 0.6 is 0 Å². The first-order valence-corrected chi connectivity index (χ1v) is 9.06. The van der Waals surface area contributed by atoms with E-state index >= 15 is 0 Å². The Hall–Kier alpha value is -3.21. The van der Waals surface area contributed by atoms with E-state index in [1.165, 1.54) is 0 Å². The van der Waals surface area contributed by atoms with E-state index in [1.54, 1.807) is 23.0 Å². The minimum absolute atomic E-state index is 0.00548. The van der Waals surface area contributed by atoms with Crippen molar-refractivity contribution in [3.8, 4) is 0 Å². The maximum atomic E-state index is 13.0. The van der Waals surface area contributed by atoms with Crippen molar-refractivity contribution >= 4 is 28.3 Å². The Balaban J connectivity index is 1.47. The van der Waals surface area contributed by atoms with Crippen LogP contribution in [0.1, 0.15) is 12.1 Å². The summed E-state index contributed by atoms with van der Waals surface area (Å²) < 4.78 is 0. The van der Waals surface area contributed by atoms with E-state index in [9.17, 15) is 9.59 Å². The second kappa shape index (κ2) is 7.19. The second-order valence-electron chi connectivity index (χ2n) is 6.93. The van der Waals surface area contributed by atoms with Gasteiger partial charge in [-0.2, -0.15) is 0 Å². The third kappa shape index (κ3) is 3.53. The molecule has 136 valence electrons. The first-order valence-electron chi connectivity index (χ1n) is 9.06. The molecule has 0 N–H and O–H groups in total. The van der Waals surface area contributed by atoms with E-state index in [-0.39, 0.29) is 24.2 Å². The highest BCUT2D eigenvalue weighted by molar-refractivity contribution is 6.00. The van der Waals surface area contributed by atoms with Gasteiger partial charge in [0.1, 0.15) is 0 Å². The van der Waals surface area contributed by atoms with Crippen molar-refractivity contribution in [2.75, 3.05) is 18.5 Å². The summed E-state index contributed by atoms with van der Waals surface area (Å²) in [5.41, 5.74) is 1.68. The molecule has 0 spiro atoms. The molecule has 1 aromatic heterocycles. The average molecular weight is 359 g/mol. The fraction of sp³-hybridized carbons (Fsp3) is 0.227. The third-order valence-electron chi connectivity index (χ3n) is 5.09. The summed E-state index contributed by atoms with van der Waals surface area (Å²) in [4.78, 5) is 33.0. The molecule has 1 aliphatic rings. The molecule has 27 heavy (non-hydrogen) atoms. The number of anilines is 1. The molecule has 1 fully saturated rings. The fourth-order valence-corrected chi connectivity index (χ4v) is 3.56. The molecule has 0 aliphatic carbocycles. The number of benzene rings is 2. The van der Waals surface area contributed by atoms with Crippen LogP contribution in [-0.2, 0) is 16.1 Å². The molecule has 2 heterocycles. The number of rotatable bonds is 4. The number of pyridine rings is 1. The van der Waals surface area contributed by atoms with Crippen LogP contribution in [0, 0.1) is 5.92 Å². The van der Waals surface area contributed by atoms with Gasteiger partial charge in [0, 0.05) is 31.9 Å². The van der Waals surface area contributed by atoms with Crippen LogP contribution in [0.5, 0.6) is 0 Å². The molecule has 5 nitrogen and oxygen atoms in total. The lowest BCUT2D eigenvalue weighted by Crippen LogP contribution is -2.34. The second-order valence-corrected chi connectivity index (χ2v) is 6.93. The van der Waals surface area contributed by atoms with Crippen LogP contribution in [0.2, 0.25) is 0 Å². The number of hydrogen-bond acceptors (Lipinski definition) is 3. The lowest BCUT2D eigenvalue weighted by Gasteiger charge is -2.22. The first kappa shape index (κ1) is 17.2. The molecule has 1 saturated heterocycles. The Morgan fingerprint density at radius 3 is 2.67 bits per heavy atom. The fourth-order valence-electron chi connectivity index (χ4n) is 3.56. The number of nitrogens with zero attached hydrogens (tertiary/aromatic N) is 3. The molecular formula is C22H21N3O2. The SMILES string of the molecule is CN(C(=O)C1CC(=O)N(Cc2ccccn2)C1)c1ccc2ccccc2c1. The Morgan fingerprint density at radius 1 is 1.11 bits per heavy atom. The Bertz CT molecular complexity index is 987. The first-order chi connectivity index (χ1) is 13.1. The van der Waals surface area contributed by atoms with Gasteiger partial charge in [-0.05, 0) is 35.0 Å². The predicted octanol–water partition coefficient (Wildman–Crippen LogP) is 3.25.